The second-order valence-corrected chi connectivity index (χ2v) is 5.92. The molecule has 3 rings (SSSR count). The Morgan fingerprint density at radius 2 is 1.86 bits per heavy atom. The van der Waals surface area contributed by atoms with Crippen LogP contribution in [0.1, 0.15) is 44.0 Å². The van der Waals surface area contributed by atoms with Crippen molar-refractivity contribution in [1.29, 1.82) is 0 Å². The van der Waals surface area contributed by atoms with Gasteiger partial charge in [-0.05, 0) is 30.0 Å². The van der Waals surface area contributed by atoms with Crippen molar-refractivity contribution in [2.45, 2.75) is 32.7 Å². The van der Waals surface area contributed by atoms with E-state index in [2.05, 4.69) is 53.3 Å². The molecule has 0 amide bonds. The highest BCUT2D eigenvalue weighted by Gasteiger charge is 2.16. The van der Waals surface area contributed by atoms with E-state index in [4.69, 9.17) is 11.6 Å². The standard InChI is InChI=1S/C16H18ClN5/c1-10(2)13-9-18-15-14(20-16(17)21-22(13)15)19-11(3)12-7-5-4-6-8-12/h4-11H,1-3H3,(H,19,20,21)/t11-/m1/s1. The van der Waals surface area contributed by atoms with E-state index in [9.17, 15) is 0 Å². The van der Waals surface area contributed by atoms with Crippen LogP contribution in [0.15, 0.2) is 36.5 Å². The lowest BCUT2D eigenvalue weighted by Gasteiger charge is -2.15. The summed E-state index contributed by atoms with van der Waals surface area (Å²) < 4.78 is 1.76. The number of rotatable bonds is 4. The summed E-state index contributed by atoms with van der Waals surface area (Å²) >= 11 is 6.08. The summed E-state index contributed by atoms with van der Waals surface area (Å²) in [7, 11) is 0. The van der Waals surface area contributed by atoms with Gasteiger partial charge in [0.15, 0.2) is 11.5 Å². The molecule has 0 unspecified atom stereocenters. The molecule has 0 radical (unpaired) electrons. The monoisotopic (exact) mass is 315 g/mol. The zero-order valence-electron chi connectivity index (χ0n) is 12.8. The van der Waals surface area contributed by atoms with Crippen LogP contribution in [-0.4, -0.2) is 19.6 Å². The molecule has 0 aliphatic heterocycles. The highest BCUT2D eigenvalue weighted by molar-refractivity contribution is 6.28. The molecule has 6 heteroatoms. The van der Waals surface area contributed by atoms with E-state index in [0.29, 0.717) is 17.4 Å². The number of hydrogen-bond donors (Lipinski definition) is 1. The SMILES string of the molecule is CC(C)c1cnc2c(N[C@H](C)c3ccccc3)nc(Cl)nn12. The zero-order chi connectivity index (χ0) is 15.7. The van der Waals surface area contributed by atoms with Crippen molar-refractivity contribution in [1.82, 2.24) is 19.6 Å². The molecule has 2 heterocycles. The van der Waals surface area contributed by atoms with Crippen LogP contribution in [0.5, 0.6) is 0 Å². The molecule has 0 fully saturated rings. The van der Waals surface area contributed by atoms with Gasteiger partial charge in [-0.2, -0.15) is 4.98 Å². The lowest BCUT2D eigenvalue weighted by Crippen LogP contribution is -2.11. The van der Waals surface area contributed by atoms with Crippen LogP contribution in [-0.2, 0) is 0 Å². The maximum atomic E-state index is 6.08. The molecular formula is C16H18ClN5. The van der Waals surface area contributed by atoms with Gasteiger partial charge in [0.1, 0.15) is 0 Å². The molecule has 0 aliphatic carbocycles. The van der Waals surface area contributed by atoms with Gasteiger partial charge in [-0.15, -0.1) is 5.10 Å². The van der Waals surface area contributed by atoms with Crippen LogP contribution in [0.25, 0.3) is 5.65 Å². The van der Waals surface area contributed by atoms with Gasteiger partial charge in [-0.1, -0.05) is 44.2 Å². The molecule has 5 nitrogen and oxygen atoms in total. The third-order valence-corrected chi connectivity index (χ3v) is 3.77. The fourth-order valence-electron chi connectivity index (χ4n) is 2.39. The molecule has 0 bridgehead atoms. The Hall–Kier alpha value is -2.14. The van der Waals surface area contributed by atoms with Gasteiger partial charge in [0.05, 0.1) is 17.9 Å². The Bertz CT molecular complexity index is 782. The molecule has 114 valence electrons. The molecule has 1 N–H and O–H groups in total. The van der Waals surface area contributed by atoms with Gasteiger partial charge in [0.25, 0.3) is 0 Å². The van der Waals surface area contributed by atoms with E-state index in [0.717, 1.165) is 5.69 Å². The van der Waals surface area contributed by atoms with Crippen LogP contribution in [0, 0.1) is 0 Å². The first-order valence-electron chi connectivity index (χ1n) is 7.29. The molecule has 0 spiro atoms. The molecule has 1 aromatic carbocycles. The average Bonchev–Trinajstić information content (AvgIpc) is 2.92. The van der Waals surface area contributed by atoms with Crippen LogP contribution in [0.2, 0.25) is 5.28 Å². The maximum Gasteiger partial charge on any atom is 0.243 e. The lowest BCUT2D eigenvalue weighted by atomic mass is 10.1. The molecule has 3 aromatic rings. The first-order chi connectivity index (χ1) is 10.6. The van der Waals surface area contributed by atoms with Gasteiger partial charge in [-0.25, -0.2) is 9.50 Å². The molecule has 0 saturated heterocycles. The predicted molar refractivity (Wildman–Crippen MR) is 88.4 cm³/mol. The van der Waals surface area contributed by atoms with Gasteiger partial charge in [0.2, 0.25) is 5.28 Å². The summed E-state index contributed by atoms with van der Waals surface area (Å²) in [4.78, 5) is 8.74. The summed E-state index contributed by atoms with van der Waals surface area (Å²) in [6.45, 7) is 6.27. The fourth-order valence-corrected chi connectivity index (χ4v) is 2.55. The molecule has 1 atom stereocenters. The van der Waals surface area contributed by atoms with Crippen LogP contribution in [0.4, 0.5) is 5.82 Å². The number of benzene rings is 1. The van der Waals surface area contributed by atoms with Crippen molar-refractivity contribution >= 4 is 23.1 Å². The molecule has 0 aliphatic rings. The molecule has 2 aromatic heterocycles. The normalized spacial score (nSPS) is 12.8. The van der Waals surface area contributed by atoms with E-state index in [1.165, 1.54) is 5.56 Å². The van der Waals surface area contributed by atoms with Crippen LogP contribution >= 0.6 is 11.6 Å². The van der Waals surface area contributed by atoms with Crippen LogP contribution in [0.3, 0.4) is 0 Å². The Morgan fingerprint density at radius 1 is 1.14 bits per heavy atom. The third-order valence-electron chi connectivity index (χ3n) is 3.61. The van der Waals surface area contributed by atoms with Crippen molar-refractivity contribution in [2.75, 3.05) is 5.32 Å². The average molecular weight is 316 g/mol. The van der Waals surface area contributed by atoms with Crippen LogP contribution < -0.4 is 5.32 Å². The minimum absolute atomic E-state index is 0.0927. The molecule has 22 heavy (non-hydrogen) atoms. The Labute approximate surface area is 134 Å². The number of nitrogens with zero attached hydrogens (tertiary/aromatic N) is 4. The Morgan fingerprint density at radius 3 is 2.55 bits per heavy atom. The topological polar surface area (TPSA) is 55.1 Å². The predicted octanol–water partition coefficient (Wildman–Crippen LogP) is 4.07. The van der Waals surface area contributed by atoms with E-state index in [-0.39, 0.29) is 11.3 Å². The quantitative estimate of drug-likeness (QED) is 0.788. The highest BCUT2D eigenvalue weighted by Crippen LogP contribution is 2.24. The summed E-state index contributed by atoms with van der Waals surface area (Å²) in [6, 6.07) is 10.3. The van der Waals surface area contributed by atoms with Crippen molar-refractivity contribution in [3.05, 3.63) is 53.1 Å². The number of nitrogens with one attached hydrogen (secondary N) is 1. The number of fused-ring (bicyclic) bond motifs is 1. The third kappa shape index (κ3) is 2.76. The van der Waals surface area contributed by atoms with Gasteiger partial charge in [-0.3, -0.25) is 0 Å². The van der Waals surface area contributed by atoms with E-state index < -0.39 is 0 Å². The summed E-state index contributed by atoms with van der Waals surface area (Å²) in [5.74, 6) is 0.948. The molecule has 0 saturated carbocycles. The van der Waals surface area contributed by atoms with Crippen molar-refractivity contribution in [3.63, 3.8) is 0 Å². The smallest absolute Gasteiger partial charge is 0.243 e. The molecular weight excluding hydrogens is 298 g/mol. The highest BCUT2D eigenvalue weighted by atomic mass is 35.5. The van der Waals surface area contributed by atoms with E-state index in [1.54, 1.807) is 4.52 Å². The van der Waals surface area contributed by atoms with Crippen molar-refractivity contribution in [2.24, 2.45) is 0 Å². The second kappa shape index (κ2) is 5.93. The minimum atomic E-state index is 0.0927. The summed E-state index contributed by atoms with van der Waals surface area (Å²) in [5.41, 5.74) is 2.87. The number of hydrogen-bond acceptors (Lipinski definition) is 4. The lowest BCUT2D eigenvalue weighted by molar-refractivity contribution is 0.749. The first-order valence-corrected chi connectivity index (χ1v) is 7.66. The maximum absolute atomic E-state index is 6.08. The first kappa shape index (κ1) is 14.8. The number of anilines is 1. The van der Waals surface area contributed by atoms with Crippen molar-refractivity contribution < 1.29 is 0 Å². The zero-order valence-corrected chi connectivity index (χ0v) is 13.5. The number of imidazole rings is 1. The van der Waals surface area contributed by atoms with E-state index >= 15 is 0 Å². The summed E-state index contributed by atoms with van der Waals surface area (Å²) in [6.07, 6.45) is 1.82. The second-order valence-electron chi connectivity index (χ2n) is 5.58. The summed E-state index contributed by atoms with van der Waals surface area (Å²) in [5, 5.41) is 7.85. The van der Waals surface area contributed by atoms with E-state index in [1.807, 2.05) is 24.4 Å². The van der Waals surface area contributed by atoms with Gasteiger partial charge in [0, 0.05) is 0 Å². The number of aromatic nitrogens is 4. The Kier molecular flexibility index (Phi) is 3.98. The number of halogens is 1. The van der Waals surface area contributed by atoms with Gasteiger partial charge >= 0.3 is 0 Å². The van der Waals surface area contributed by atoms with Gasteiger partial charge < -0.3 is 5.32 Å². The largest absolute Gasteiger partial charge is 0.360 e. The minimum Gasteiger partial charge on any atom is -0.360 e. The van der Waals surface area contributed by atoms with Crippen molar-refractivity contribution in [3.8, 4) is 0 Å². The fraction of sp³-hybridized carbons (Fsp3) is 0.312. The Balaban J connectivity index is 2.00.